The molecule has 0 fully saturated rings. The van der Waals surface area contributed by atoms with Crippen molar-refractivity contribution in [3.63, 3.8) is 0 Å². The molecule has 0 rings (SSSR count). The van der Waals surface area contributed by atoms with E-state index in [-0.39, 0.29) is 87.7 Å². The molecule has 0 saturated carbocycles. The van der Waals surface area contributed by atoms with Crippen molar-refractivity contribution in [2.24, 2.45) is 0 Å². The Bertz CT molecular complexity index is 9.65. The maximum Gasteiger partial charge on any atom is 0 e. The van der Waals surface area contributed by atoms with Gasteiger partial charge in [0.1, 0.15) is 0 Å². The van der Waals surface area contributed by atoms with Crippen LogP contribution in [-0.2, 0) is 65.8 Å². The Morgan fingerprint density at radius 2 is 0.429 bits per heavy atom. The topological polar surface area (TPSA) is 126 Å². The van der Waals surface area contributed by atoms with Crippen molar-refractivity contribution in [2.45, 2.75) is 0 Å². The Balaban J connectivity index is 0. The van der Waals surface area contributed by atoms with Crippen LogP contribution in [0.2, 0.25) is 0 Å². The number of rotatable bonds is 0. The molecule has 0 saturated heterocycles. The number of hydrogen-bond donors (Lipinski definition) is 0. The molecule has 8 N–H and O–H groups in total. The van der Waals surface area contributed by atoms with Crippen molar-refractivity contribution < 1.29 is 87.7 Å². The summed E-state index contributed by atoms with van der Waals surface area (Å²) in [6.45, 7) is 0. The molecular weight excluding hydrogens is 376 g/mol. The Hall–Kier alpha value is 2.01. The summed E-state index contributed by atoms with van der Waals surface area (Å²) >= 11 is 0. The van der Waals surface area contributed by atoms with E-state index in [2.05, 4.69) is 0 Å². The van der Waals surface area contributed by atoms with Crippen LogP contribution in [0, 0.1) is 0 Å². The molecule has 0 amide bonds. The van der Waals surface area contributed by atoms with E-state index < -0.39 is 0 Å². The Labute approximate surface area is 86.9 Å². The zero-order valence-electron chi connectivity index (χ0n) is 3.01. The first-order chi connectivity index (χ1) is 0. The Morgan fingerprint density at radius 1 is 0.429 bits per heavy atom. The average Bonchev–Trinajstić information content (AvgIpc) is 0. The van der Waals surface area contributed by atoms with E-state index in [1.54, 1.807) is 0 Å². The normalized spacial score (nSPS) is 0. The largest absolute Gasteiger partial charge is 0.412 e. The smallest absolute Gasteiger partial charge is 0 e. The van der Waals surface area contributed by atoms with Crippen molar-refractivity contribution in [3.8, 4) is 0 Å². The van der Waals surface area contributed by atoms with Crippen molar-refractivity contribution in [1.82, 2.24) is 0 Å². The molecule has 2 radical (unpaired) electrons. The maximum absolute atomic E-state index is 0. The van der Waals surface area contributed by atoms with Crippen LogP contribution in [0.15, 0.2) is 0 Å². The van der Waals surface area contributed by atoms with Crippen LogP contribution in [-0.4, -0.2) is 21.9 Å². The van der Waals surface area contributed by atoms with Gasteiger partial charge in [-0.15, -0.1) is 0 Å². The summed E-state index contributed by atoms with van der Waals surface area (Å²) < 4.78 is 0. The van der Waals surface area contributed by atoms with Crippen LogP contribution < -0.4 is 0 Å². The molecule has 0 aliphatic carbocycles. The fourth-order valence-electron chi connectivity index (χ4n) is 0. The summed E-state index contributed by atoms with van der Waals surface area (Å²) in [6, 6.07) is 0. The molecule has 4 nitrogen and oxygen atoms in total. The molecule has 0 aliphatic rings. The Kier molecular flexibility index (Phi) is 1990. The van der Waals surface area contributed by atoms with Crippen LogP contribution >= 0.6 is 0 Å². The minimum Gasteiger partial charge on any atom is -0.412 e. The van der Waals surface area contributed by atoms with E-state index in [0.29, 0.717) is 0 Å². The van der Waals surface area contributed by atoms with Crippen LogP contribution in [0.4, 0.5) is 0 Å². The van der Waals surface area contributed by atoms with Gasteiger partial charge in [-0.05, 0) is 0 Å². The molecule has 7 heteroatoms. The van der Waals surface area contributed by atoms with Crippen LogP contribution in [0.3, 0.4) is 0 Å². The molecule has 0 bridgehead atoms. The molecule has 0 heterocycles. The summed E-state index contributed by atoms with van der Waals surface area (Å²) in [6.07, 6.45) is 0. The number of hydrogen-bond acceptors (Lipinski definition) is 0. The van der Waals surface area contributed by atoms with Gasteiger partial charge in [-0.3, -0.25) is 0 Å². The van der Waals surface area contributed by atoms with Crippen molar-refractivity contribution >= 4 is 0 Å². The summed E-state index contributed by atoms with van der Waals surface area (Å²) in [5, 5.41) is 0. The first-order valence-corrected chi connectivity index (χ1v) is 0. The van der Waals surface area contributed by atoms with Crippen molar-refractivity contribution in [2.75, 3.05) is 0 Å². The fraction of sp³-hybridized carbons (Fsp3) is 0. The van der Waals surface area contributed by atoms with E-state index in [1.807, 2.05) is 0 Å². The van der Waals surface area contributed by atoms with Crippen LogP contribution in [0.5, 0.6) is 0 Å². The predicted molar refractivity (Wildman–Crippen MR) is 14.5 cm³/mol. The SMILES string of the molecule is O.O.O.O.[Ag].[Ag].[Mo]. The first-order valence-electron chi connectivity index (χ1n) is 0. The van der Waals surface area contributed by atoms with E-state index in [1.165, 1.54) is 0 Å². The predicted octanol–water partition coefficient (Wildman–Crippen LogP) is -3.31. The van der Waals surface area contributed by atoms with Gasteiger partial charge in [0.2, 0.25) is 0 Å². The van der Waals surface area contributed by atoms with Gasteiger partial charge in [-0.2, -0.15) is 0 Å². The van der Waals surface area contributed by atoms with Gasteiger partial charge in [-0.25, -0.2) is 0 Å². The standard InChI is InChI=1S/2Ag.Mo.4H2O/h;;;4*1H2. The van der Waals surface area contributed by atoms with E-state index >= 15 is 0 Å². The molecule has 0 aromatic carbocycles. The molecule has 0 spiro atoms. The third-order valence-corrected chi connectivity index (χ3v) is 0. The second-order valence-electron chi connectivity index (χ2n) is 0. The van der Waals surface area contributed by atoms with Gasteiger partial charge < -0.3 is 21.9 Å². The zero-order valence-corrected chi connectivity index (χ0v) is 7.98. The fourth-order valence-corrected chi connectivity index (χ4v) is 0. The van der Waals surface area contributed by atoms with Gasteiger partial charge in [-0.1, -0.05) is 0 Å². The maximum atomic E-state index is 0. The zero-order chi connectivity index (χ0) is 0. The molecule has 0 aromatic rings. The van der Waals surface area contributed by atoms with Crippen molar-refractivity contribution in [1.29, 1.82) is 0 Å². The third kappa shape index (κ3) is 71.7. The monoisotopic (exact) mass is 384 g/mol. The minimum atomic E-state index is 0. The summed E-state index contributed by atoms with van der Waals surface area (Å²) in [5.41, 5.74) is 0. The van der Waals surface area contributed by atoms with Gasteiger partial charge >= 0.3 is 0 Å². The third-order valence-electron chi connectivity index (χ3n) is 0. The van der Waals surface area contributed by atoms with Crippen LogP contribution in [0.25, 0.3) is 0 Å². The van der Waals surface area contributed by atoms with Gasteiger partial charge in [0.25, 0.3) is 0 Å². The molecule has 0 aromatic heterocycles. The minimum absolute atomic E-state index is 0. The molecule has 0 atom stereocenters. The summed E-state index contributed by atoms with van der Waals surface area (Å²) in [5.74, 6) is 0. The van der Waals surface area contributed by atoms with Crippen LogP contribution in [0.1, 0.15) is 0 Å². The molecule has 7 heavy (non-hydrogen) atoms. The molecule has 60 valence electrons. The summed E-state index contributed by atoms with van der Waals surface area (Å²) in [7, 11) is 0. The van der Waals surface area contributed by atoms with E-state index in [9.17, 15) is 0 Å². The average molecular weight is 384 g/mol. The van der Waals surface area contributed by atoms with E-state index in [4.69, 9.17) is 0 Å². The quantitative estimate of drug-likeness (QED) is 0.388. The first kappa shape index (κ1) is 143. The molecule has 0 aliphatic heterocycles. The van der Waals surface area contributed by atoms with Crippen molar-refractivity contribution in [3.05, 3.63) is 0 Å². The van der Waals surface area contributed by atoms with E-state index in [0.717, 1.165) is 0 Å². The molecular formula is H8Ag2MoO4. The Morgan fingerprint density at radius 3 is 0.429 bits per heavy atom. The second kappa shape index (κ2) is 97.5. The summed E-state index contributed by atoms with van der Waals surface area (Å²) in [4.78, 5) is 0. The van der Waals surface area contributed by atoms with Gasteiger partial charge in [0.15, 0.2) is 0 Å². The van der Waals surface area contributed by atoms with Gasteiger partial charge in [0.05, 0.1) is 0 Å². The second-order valence-corrected chi connectivity index (χ2v) is 0. The molecule has 0 unspecified atom stereocenters. The van der Waals surface area contributed by atoms with Gasteiger partial charge in [0, 0.05) is 65.8 Å².